The highest BCUT2D eigenvalue weighted by Gasteiger charge is 2.51. The van der Waals surface area contributed by atoms with Crippen molar-refractivity contribution in [2.45, 2.75) is 94.7 Å². The lowest BCUT2D eigenvalue weighted by atomic mass is 9.55. The average Bonchev–Trinajstić information content (AvgIpc) is 3.28. The van der Waals surface area contributed by atoms with Gasteiger partial charge in [0.2, 0.25) is 5.91 Å². The molecule has 1 atom stereocenters. The third kappa shape index (κ3) is 4.56. The number of carboxylic acids is 1. The molecule has 0 aliphatic heterocycles. The number of H-pyrrole nitrogens is 1. The summed E-state index contributed by atoms with van der Waals surface area (Å²) in [6, 6.07) is 7.82. The Morgan fingerprint density at radius 2 is 1.68 bits per heavy atom. The minimum atomic E-state index is -1.39. The summed E-state index contributed by atoms with van der Waals surface area (Å²) in [6.45, 7) is 1.68. The first kappa shape index (κ1) is 25.3. The summed E-state index contributed by atoms with van der Waals surface area (Å²) in [5, 5.41) is 16.8. The van der Waals surface area contributed by atoms with Crippen molar-refractivity contribution in [2.24, 2.45) is 23.7 Å². The Morgan fingerprint density at radius 1 is 1.03 bits per heavy atom. The zero-order valence-corrected chi connectivity index (χ0v) is 22.1. The van der Waals surface area contributed by atoms with Crippen LogP contribution < -0.4 is 10.6 Å². The smallest absolute Gasteiger partial charge is 0.408 e. The second-order valence-corrected chi connectivity index (χ2v) is 12.7. The quantitative estimate of drug-likeness (QED) is 0.412. The maximum Gasteiger partial charge on any atom is 0.408 e. The molecule has 0 radical (unpaired) electrons. The number of para-hydroxylation sites is 1. The Hall–Kier alpha value is -3.03. The second kappa shape index (κ2) is 9.62. The molecule has 5 aliphatic carbocycles. The van der Waals surface area contributed by atoms with Crippen LogP contribution in [0.3, 0.4) is 0 Å². The van der Waals surface area contributed by atoms with Crippen molar-refractivity contribution in [1.82, 2.24) is 15.6 Å². The standard InChI is InChI=1S/C30H39N3O5/c1-29(16-22-17-31-24-8-4-3-7-23(22)24,26(34)32-30(27(35)36)9-5-2-6-10-30)33-28(37)38-25-20-12-18-11-19(14-20)15-21(25)13-18/h3-4,7-8,17-21,25,31H,2,5-6,9-16H2,1H3,(H,32,34)(H,33,37)(H,35,36). The molecule has 38 heavy (non-hydrogen) atoms. The molecule has 204 valence electrons. The molecule has 2 amide bonds. The van der Waals surface area contributed by atoms with Crippen molar-refractivity contribution in [2.75, 3.05) is 0 Å². The largest absolute Gasteiger partial charge is 0.480 e. The molecular formula is C30H39N3O5. The normalized spacial score (nSPS) is 30.9. The molecule has 8 nitrogen and oxygen atoms in total. The van der Waals surface area contributed by atoms with Gasteiger partial charge in [-0.3, -0.25) is 4.79 Å². The SMILES string of the molecule is CC(Cc1c[nH]c2ccccc12)(NC(=O)OC1C2CC3CC(C2)CC1C3)C(=O)NC1(C(=O)O)CCCCC1. The highest BCUT2D eigenvalue weighted by molar-refractivity contribution is 5.95. The van der Waals surface area contributed by atoms with E-state index in [0.29, 0.717) is 24.7 Å². The van der Waals surface area contributed by atoms with Gasteiger partial charge in [-0.2, -0.15) is 0 Å². The molecule has 5 aliphatic rings. The maximum atomic E-state index is 13.9. The van der Waals surface area contributed by atoms with Crippen LogP contribution in [0.5, 0.6) is 0 Å². The van der Waals surface area contributed by atoms with E-state index in [1.807, 2.05) is 30.5 Å². The van der Waals surface area contributed by atoms with Gasteiger partial charge in [-0.1, -0.05) is 37.5 Å². The average molecular weight is 522 g/mol. The lowest BCUT2D eigenvalue weighted by Gasteiger charge is -2.53. The van der Waals surface area contributed by atoms with E-state index in [-0.39, 0.29) is 12.5 Å². The van der Waals surface area contributed by atoms with E-state index in [2.05, 4.69) is 15.6 Å². The molecule has 7 rings (SSSR count). The molecule has 0 spiro atoms. The first-order valence-electron chi connectivity index (χ1n) is 14.3. The van der Waals surface area contributed by atoms with Crippen LogP contribution in [0.25, 0.3) is 10.9 Å². The highest BCUT2D eigenvalue weighted by Crippen LogP contribution is 2.54. The number of nitrogens with one attached hydrogen (secondary N) is 3. The molecule has 8 heteroatoms. The van der Waals surface area contributed by atoms with Crippen LogP contribution in [-0.4, -0.2) is 45.2 Å². The third-order valence-corrected chi connectivity index (χ3v) is 9.95. The van der Waals surface area contributed by atoms with Crippen molar-refractivity contribution in [3.05, 3.63) is 36.0 Å². The predicted molar refractivity (Wildman–Crippen MR) is 142 cm³/mol. The molecule has 5 saturated carbocycles. The van der Waals surface area contributed by atoms with Crippen molar-refractivity contribution >= 4 is 28.9 Å². The van der Waals surface area contributed by atoms with Crippen molar-refractivity contribution in [1.29, 1.82) is 0 Å². The fourth-order valence-corrected chi connectivity index (χ4v) is 8.19. The number of hydrogen-bond acceptors (Lipinski definition) is 4. The molecule has 0 saturated heterocycles. The zero-order chi connectivity index (χ0) is 26.5. The molecule has 4 bridgehead atoms. The summed E-state index contributed by atoms with van der Waals surface area (Å²) < 4.78 is 6.09. The molecule has 1 aromatic carbocycles. The number of fused-ring (bicyclic) bond motifs is 1. The second-order valence-electron chi connectivity index (χ2n) is 12.7. The van der Waals surface area contributed by atoms with Gasteiger partial charge in [0, 0.05) is 23.5 Å². The third-order valence-electron chi connectivity index (χ3n) is 9.95. The summed E-state index contributed by atoms with van der Waals surface area (Å²) in [7, 11) is 0. The lowest BCUT2D eigenvalue weighted by molar-refractivity contribution is -0.150. The summed E-state index contributed by atoms with van der Waals surface area (Å²) in [6.07, 6.45) is 10.4. The van der Waals surface area contributed by atoms with Gasteiger partial charge < -0.3 is 25.5 Å². The monoisotopic (exact) mass is 521 g/mol. The van der Waals surface area contributed by atoms with Gasteiger partial charge in [-0.15, -0.1) is 0 Å². The molecule has 5 fully saturated rings. The predicted octanol–water partition coefficient (Wildman–Crippen LogP) is 4.92. The number of carbonyl (C=O) groups excluding carboxylic acids is 2. The highest BCUT2D eigenvalue weighted by atomic mass is 16.6. The van der Waals surface area contributed by atoms with Crippen LogP contribution in [-0.2, 0) is 20.7 Å². The minimum Gasteiger partial charge on any atom is -0.480 e. The molecule has 1 aromatic heterocycles. The van der Waals surface area contributed by atoms with Crippen molar-refractivity contribution in [3.8, 4) is 0 Å². The minimum absolute atomic E-state index is 0.105. The molecule has 1 unspecified atom stereocenters. The number of hydrogen-bond donors (Lipinski definition) is 4. The van der Waals surface area contributed by atoms with Crippen LogP contribution >= 0.6 is 0 Å². The van der Waals surface area contributed by atoms with E-state index in [1.165, 1.54) is 6.42 Å². The molecular weight excluding hydrogens is 482 g/mol. The van der Waals surface area contributed by atoms with E-state index >= 15 is 0 Å². The van der Waals surface area contributed by atoms with Crippen LogP contribution in [0.15, 0.2) is 30.5 Å². The molecule has 4 N–H and O–H groups in total. The summed E-state index contributed by atoms with van der Waals surface area (Å²) >= 11 is 0. The van der Waals surface area contributed by atoms with E-state index in [0.717, 1.165) is 73.2 Å². The Bertz CT molecular complexity index is 1200. The zero-order valence-electron chi connectivity index (χ0n) is 22.1. The van der Waals surface area contributed by atoms with Crippen LogP contribution in [0.4, 0.5) is 4.79 Å². The van der Waals surface area contributed by atoms with Gasteiger partial charge in [0.25, 0.3) is 0 Å². The molecule has 1 heterocycles. The number of aromatic amines is 1. The van der Waals surface area contributed by atoms with Crippen molar-refractivity contribution in [3.63, 3.8) is 0 Å². The fourth-order valence-electron chi connectivity index (χ4n) is 8.19. The number of aliphatic carboxylic acids is 1. The Morgan fingerprint density at radius 3 is 2.34 bits per heavy atom. The van der Waals surface area contributed by atoms with E-state index in [4.69, 9.17) is 4.74 Å². The van der Waals surface area contributed by atoms with E-state index in [9.17, 15) is 19.5 Å². The Kier molecular flexibility index (Phi) is 6.39. The number of amides is 2. The topological polar surface area (TPSA) is 121 Å². The Labute approximate surface area is 223 Å². The van der Waals surface area contributed by atoms with Gasteiger partial charge in [-0.25, -0.2) is 9.59 Å². The number of carbonyl (C=O) groups is 3. The first-order chi connectivity index (χ1) is 18.2. The van der Waals surface area contributed by atoms with E-state index in [1.54, 1.807) is 6.92 Å². The number of aromatic nitrogens is 1. The van der Waals surface area contributed by atoms with Gasteiger partial charge in [0.1, 0.15) is 17.2 Å². The van der Waals surface area contributed by atoms with Crippen LogP contribution in [0, 0.1) is 23.7 Å². The summed E-state index contributed by atoms with van der Waals surface area (Å²) in [5.74, 6) is 0.832. The Balaban J connectivity index is 1.24. The summed E-state index contributed by atoms with van der Waals surface area (Å²) in [4.78, 5) is 42.9. The summed E-state index contributed by atoms with van der Waals surface area (Å²) in [5.41, 5.74) is -0.894. The van der Waals surface area contributed by atoms with Gasteiger partial charge in [0.15, 0.2) is 0 Å². The maximum absolute atomic E-state index is 13.9. The number of alkyl carbamates (subject to hydrolysis) is 1. The lowest BCUT2D eigenvalue weighted by Crippen LogP contribution is -2.65. The van der Waals surface area contributed by atoms with Crippen LogP contribution in [0.1, 0.15) is 76.7 Å². The number of carboxylic acid groups (broad SMARTS) is 1. The molecule has 2 aromatic rings. The van der Waals surface area contributed by atoms with Gasteiger partial charge in [0.05, 0.1) is 0 Å². The first-order valence-corrected chi connectivity index (χ1v) is 14.3. The van der Waals surface area contributed by atoms with Crippen molar-refractivity contribution < 1.29 is 24.2 Å². The number of ether oxygens (including phenoxy) is 1. The number of rotatable bonds is 7. The van der Waals surface area contributed by atoms with Gasteiger partial charge >= 0.3 is 12.1 Å². The van der Waals surface area contributed by atoms with Gasteiger partial charge in [-0.05, 0) is 87.2 Å². The van der Waals surface area contributed by atoms with E-state index < -0.39 is 29.0 Å². The number of benzene rings is 1. The van der Waals surface area contributed by atoms with Crippen LogP contribution in [0.2, 0.25) is 0 Å². The fraction of sp³-hybridized carbons (Fsp3) is 0.633.